The molecule has 5 atom stereocenters. The lowest BCUT2D eigenvalue weighted by atomic mass is 10.0. The van der Waals surface area contributed by atoms with Crippen molar-refractivity contribution in [1.29, 1.82) is 0 Å². The fraction of sp³-hybridized carbons (Fsp3) is 0.692. The van der Waals surface area contributed by atoms with Crippen molar-refractivity contribution in [1.82, 2.24) is 10.2 Å². The van der Waals surface area contributed by atoms with E-state index in [-0.39, 0.29) is 18.2 Å². The van der Waals surface area contributed by atoms with E-state index in [1.54, 1.807) is 6.92 Å². The van der Waals surface area contributed by atoms with Crippen LogP contribution in [0.1, 0.15) is 6.92 Å². The van der Waals surface area contributed by atoms with Crippen LogP contribution in [-0.2, 0) is 18.6 Å². The molecule has 1 unspecified atom stereocenters. The van der Waals surface area contributed by atoms with E-state index in [4.69, 9.17) is 20.3 Å². The van der Waals surface area contributed by atoms with Gasteiger partial charge < -0.3 is 35.0 Å². The summed E-state index contributed by atoms with van der Waals surface area (Å²) in [6.07, 6.45) is -4.22. The largest absolute Gasteiger partial charge is 0.469 e. The van der Waals surface area contributed by atoms with Crippen molar-refractivity contribution in [2.45, 2.75) is 37.1 Å². The molecule has 0 saturated carbocycles. The number of aliphatic hydroxyl groups excluding tert-OH is 2. The third kappa shape index (κ3) is 3.73. The number of phosphoric acid groups is 1. The highest BCUT2D eigenvalue weighted by Gasteiger charge is 2.53. The summed E-state index contributed by atoms with van der Waals surface area (Å²) in [5, 5.41) is 23.0. The highest BCUT2D eigenvalue weighted by Crippen LogP contribution is 2.37. The number of likely N-dealkylation sites (N-methyl/N-ethyl adjacent to an activating group) is 1. The molecular weight excluding hydrogens is 399 g/mol. The molecule has 0 radical (unpaired) electrons. The number of nitrogens with zero attached hydrogens (tertiary/aromatic N) is 4. The van der Waals surface area contributed by atoms with Crippen molar-refractivity contribution in [2.75, 3.05) is 19.8 Å². The minimum Gasteiger partial charge on any atom is -0.387 e. The summed E-state index contributed by atoms with van der Waals surface area (Å²) in [5.41, 5.74) is 4.38. The van der Waals surface area contributed by atoms with Gasteiger partial charge in [0.15, 0.2) is 12.1 Å². The molecule has 0 aromatic heterocycles. The molecule has 0 spiro atoms. The van der Waals surface area contributed by atoms with Crippen LogP contribution in [0.5, 0.6) is 0 Å². The van der Waals surface area contributed by atoms with Gasteiger partial charge in [-0.1, -0.05) is 0 Å². The molecule has 0 aromatic carbocycles. The zero-order valence-corrected chi connectivity index (χ0v) is 15.6. The lowest BCUT2D eigenvalue weighted by Gasteiger charge is -2.31. The van der Waals surface area contributed by atoms with Crippen LogP contribution in [0, 0.1) is 0 Å². The molecule has 3 aliphatic rings. The summed E-state index contributed by atoms with van der Waals surface area (Å²) in [5.74, 6) is -0.448. The standard InChI is InChI=1S/C13H21N6O8P/c1-2-15-12(22)13(14)9-10(16-4-18-13)19(5-17-9)11-8(21)7(20)6(27-11)3-26-28(23,24)25/h4,6-8,11,20-21H,2-3,5,14H2,1H3,(H,15,22)(H2,23,24,25)/t6-,7-,8-,11-,13?/m1/s1. The topological polar surface area (TPSA) is 212 Å². The van der Waals surface area contributed by atoms with Gasteiger partial charge >= 0.3 is 7.82 Å². The molecule has 28 heavy (non-hydrogen) atoms. The lowest BCUT2D eigenvalue weighted by Crippen LogP contribution is -2.62. The summed E-state index contributed by atoms with van der Waals surface area (Å²) in [6, 6.07) is 0. The van der Waals surface area contributed by atoms with E-state index in [1.807, 2.05) is 0 Å². The average Bonchev–Trinajstić information content (AvgIpc) is 3.16. The highest BCUT2D eigenvalue weighted by molar-refractivity contribution is 7.46. The van der Waals surface area contributed by atoms with Crippen molar-refractivity contribution in [3.8, 4) is 0 Å². The van der Waals surface area contributed by atoms with Gasteiger partial charge in [-0.15, -0.1) is 0 Å². The number of nitrogens with two attached hydrogens (primary N) is 1. The number of nitrogens with one attached hydrogen (secondary N) is 1. The second-order valence-electron chi connectivity index (χ2n) is 6.27. The van der Waals surface area contributed by atoms with Crippen LogP contribution < -0.4 is 11.1 Å². The lowest BCUT2D eigenvalue weighted by molar-refractivity contribution is -0.123. The monoisotopic (exact) mass is 420 g/mol. The molecule has 3 rings (SSSR count). The number of hydrogen-bond donors (Lipinski definition) is 6. The molecule has 1 fully saturated rings. The summed E-state index contributed by atoms with van der Waals surface area (Å²) in [7, 11) is -4.78. The van der Waals surface area contributed by atoms with Crippen LogP contribution in [-0.4, -0.2) is 98.7 Å². The van der Waals surface area contributed by atoms with Gasteiger partial charge in [-0.3, -0.25) is 20.0 Å². The van der Waals surface area contributed by atoms with Crippen LogP contribution in [0.25, 0.3) is 0 Å². The maximum Gasteiger partial charge on any atom is 0.469 e. The summed E-state index contributed by atoms with van der Waals surface area (Å²) in [4.78, 5) is 43.4. The molecule has 3 heterocycles. The molecule has 7 N–H and O–H groups in total. The molecule has 0 aliphatic carbocycles. The number of carbonyl (C=O) groups excluding carboxylic acids is 1. The second-order valence-corrected chi connectivity index (χ2v) is 7.51. The zero-order chi connectivity index (χ0) is 20.7. The van der Waals surface area contributed by atoms with Crippen molar-refractivity contribution in [3.05, 3.63) is 0 Å². The van der Waals surface area contributed by atoms with Gasteiger partial charge in [0.05, 0.1) is 6.61 Å². The van der Waals surface area contributed by atoms with Gasteiger partial charge in [-0.25, -0.2) is 14.5 Å². The number of amides is 1. The molecule has 3 aliphatic heterocycles. The van der Waals surface area contributed by atoms with Gasteiger partial charge in [-0.2, -0.15) is 0 Å². The third-order valence-corrected chi connectivity index (χ3v) is 4.89. The number of carbonyl (C=O) groups is 1. The third-order valence-electron chi connectivity index (χ3n) is 4.40. The molecule has 0 aromatic rings. The van der Waals surface area contributed by atoms with Gasteiger partial charge in [0, 0.05) is 6.54 Å². The maximum atomic E-state index is 12.3. The number of fused-ring (bicyclic) bond motifs is 1. The van der Waals surface area contributed by atoms with E-state index in [0.29, 0.717) is 6.54 Å². The summed E-state index contributed by atoms with van der Waals surface area (Å²) < 4.78 is 20.7. The van der Waals surface area contributed by atoms with E-state index in [2.05, 4.69) is 24.8 Å². The smallest absolute Gasteiger partial charge is 0.387 e. The van der Waals surface area contributed by atoms with Crippen LogP contribution in [0.3, 0.4) is 0 Å². The molecular formula is C13H21N6O8P. The fourth-order valence-corrected chi connectivity index (χ4v) is 3.38. The molecule has 14 nitrogen and oxygen atoms in total. The second kappa shape index (κ2) is 7.57. The minimum absolute atomic E-state index is 0.0705. The highest BCUT2D eigenvalue weighted by atomic mass is 31.2. The van der Waals surface area contributed by atoms with Crippen LogP contribution in [0.2, 0.25) is 0 Å². The average molecular weight is 420 g/mol. The Hall–Kier alpha value is -1.77. The van der Waals surface area contributed by atoms with E-state index in [0.717, 1.165) is 6.34 Å². The van der Waals surface area contributed by atoms with Crippen LogP contribution >= 0.6 is 7.82 Å². The number of aliphatic hydroxyl groups is 2. The first-order valence-electron chi connectivity index (χ1n) is 8.30. The molecule has 1 amide bonds. The SMILES string of the molecule is CCNC(=O)C1(N)N=CN=C2C1=NCN2[C@@H]1O[C@H](COP(=O)(O)O)[C@@H](O)[C@H]1O. The number of amidine groups is 1. The van der Waals surface area contributed by atoms with Gasteiger partial charge in [-0.05, 0) is 6.92 Å². The van der Waals surface area contributed by atoms with Crippen molar-refractivity contribution in [3.63, 3.8) is 0 Å². The Morgan fingerprint density at radius 3 is 2.86 bits per heavy atom. The number of rotatable bonds is 6. The number of hydrogen-bond acceptors (Lipinski definition) is 11. The van der Waals surface area contributed by atoms with Crippen molar-refractivity contribution < 1.29 is 38.6 Å². The first-order valence-corrected chi connectivity index (χ1v) is 9.84. The Morgan fingerprint density at radius 2 is 2.21 bits per heavy atom. The minimum atomic E-state index is -4.78. The summed E-state index contributed by atoms with van der Waals surface area (Å²) >= 11 is 0. The number of ether oxygens (including phenoxy) is 1. The fourth-order valence-electron chi connectivity index (χ4n) is 3.04. The summed E-state index contributed by atoms with van der Waals surface area (Å²) in [6.45, 7) is 1.31. The first kappa shape index (κ1) is 21.0. The van der Waals surface area contributed by atoms with Gasteiger partial charge in [0.1, 0.15) is 37.0 Å². The van der Waals surface area contributed by atoms with Gasteiger partial charge in [0.25, 0.3) is 5.91 Å². The van der Waals surface area contributed by atoms with E-state index in [1.165, 1.54) is 4.90 Å². The molecule has 0 bridgehead atoms. The Labute approximate surface area is 159 Å². The quantitative estimate of drug-likeness (QED) is 0.233. The van der Waals surface area contributed by atoms with Crippen LogP contribution in [0.4, 0.5) is 0 Å². The Kier molecular flexibility index (Phi) is 5.67. The van der Waals surface area contributed by atoms with E-state index in [9.17, 15) is 19.6 Å². The maximum absolute atomic E-state index is 12.3. The molecule has 156 valence electrons. The predicted molar refractivity (Wildman–Crippen MR) is 94.3 cm³/mol. The van der Waals surface area contributed by atoms with Gasteiger partial charge in [0.2, 0.25) is 5.66 Å². The molecule has 15 heteroatoms. The number of phosphoric ester groups is 1. The van der Waals surface area contributed by atoms with Crippen LogP contribution in [0.15, 0.2) is 15.0 Å². The van der Waals surface area contributed by atoms with E-state index >= 15 is 0 Å². The predicted octanol–water partition coefficient (Wildman–Crippen LogP) is -3.51. The Balaban J connectivity index is 1.76. The Bertz CT molecular complexity index is 783. The van der Waals surface area contributed by atoms with Crippen molar-refractivity contribution in [2.24, 2.45) is 20.7 Å². The van der Waals surface area contributed by atoms with E-state index < -0.39 is 50.5 Å². The Morgan fingerprint density at radius 1 is 1.50 bits per heavy atom. The number of aliphatic imine (C=N–C) groups is 3. The first-order chi connectivity index (χ1) is 13.1. The normalized spacial score (nSPS) is 34.9. The molecule has 1 saturated heterocycles. The van der Waals surface area contributed by atoms with Crippen molar-refractivity contribution >= 4 is 31.6 Å². The zero-order valence-electron chi connectivity index (χ0n) is 14.7.